The van der Waals surface area contributed by atoms with Gasteiger partial charge in [0.2, 0.25) is 5.91 Å². The third kappa shape index (κ3) is 3.24. The number of likely N-dealkylation sites (tertiary alicyclic amines) is 1. The van der Waals surface area contributed by atoms with Crippen LogP contribution in [0.3, 0.4) is 0 Å². The first-order chi connectivity index (χ1) is 14.1. The van der Waals surface area contributed by atoms with Crippen molar-refractivity contribution in [3.63, 3.8) is 0 Å². The lowest BCUT2D eigenvalue weighted by Crippen LogP contribution is -2.35. The van der Waals surface area contributed by atoms with E-state index in [1.807, 2.05) is 24.3 Å². The van der Waals surface area contributed by atoms with Crippen LogP contribution >= 0.6 is 0 Å². The molecule has 1 saturated heterocycles. The molecule has 0 radical (unpaired) electrons. The van der Waals surface area contributed by atoms with Crippen LogP contribution in [-0.4, -0.2) is 36.1 Å². The van der Waals surface area contributed by atoms with Gasteiger partial charge < -0.3 is 19.4 Å². The Kier molecular flexibility index (Phi) is 5.22. The minimum absolute atomic E-state index is 0.0412. The molecule has 4 rings (SSSR count). The van der Waals surface area contributed by atoms with E-state index in [4.69, 9.17) is 9.47 Å². The van der Waals surface area contributed by atoms with E-state index >= 15 is 0 Å². The number of H-pyrrole nitrogens is 1. The number of hydrogen-bond donors (Lipinski definition) is 1. The molecule has 2 unspecified atom stereocenters. The lowest BCUT2D eigenvalue weighted by atomic mass is 9.95. The average Bonchev–Trinajstić information content (AvgIpc) is 3.32. The molecule has 29 heavy (non-hydrogen) atoms. The number of ether oxygens (including phenoxy) is 2. The van der Waals surface area contributed by atoms with Crippen molar-refractivity contribution in [1.29, 1.82) is 0 Å². The summed E-state index contributed by atoms with van der Waals surface area (Å²) in [6, 6.07) is 14.4. The second kappa shape index (κ2) is 7.82. The number of hydrogen-bond acceptors (Lipinski definition) is 3. The smallest absolute Gasteiger partial charge is 0.223 e. The Labute approximate surface area is 171 Å². The molecule has 2 heterocycles. The Hall–Kier alpha value is -2.95. The highest BCUT2D eigenvalue weighted by Gasteiger charge is 2.38. The predicted octanol–water partition coefficient (Wildman–Crippen LogP) is 5.31. The van der Waals surface area contributed by atoms with Gasteiger partial charge in [-0.3, -0.25) is 4.79 Å². The summed E-state index contributed by atoms with van der Waals surface area (Å²) >= 11 is 0. The molecule has 0 saturated carbocycles. The molecule has 1 fully saturated rings. The Morgan fingerprint density at radius 1 is 1.17 bits per heavy atom. The van der Waals surface area contributed by atoms with Gasteiger partial charge in [0.15, 0.2) is 0 Å². The Morgan fingerprint density at radius 2 is 1.97 bits per heavy atom. The van der Waals surface area contributed by atoms with E-state index in [0.717, 1.165) is 46.5 Å². The molecule has 1 amide bonds. The van der Waals surface area contributed by atoms with Crippen molar-refractivity contribution < 1.29 is 14.3 Å². The molecular weight excluding hydrogens is 364 g/mol. The van der Waals surface area contributed by atoms with Crippen LogP contribution in [0.1, 0.15) is 44.7 Å². The number of carbonyl (C=O) groups is 1. The number of aromatic amines is 1. The van der Waals surface area contributed by atoms with E-state index in [9.17, 15) is 4.79 Å². The Balaban J connectivity index is 1.97. The fraction of sp³-hybridized carbons (Fsp3) is 0.375. The molecule has 0 aliphatic carbocycles. The highest BCUT2D eigenvalue weighted by Crippen LogP contribution is 2.46. The van der Waals surface area contributed by atoms with Crippen LogP contribution in [0.5, 0.6) is 11.5 Å². The summed E-state index contributed by atoms with van der Waals surface area (Å²) in [5.41, 5.74) is 4.17. The first-order valence-electron chi connectivity index (χ1n) is 10.2. The third-order valence-corrected chi connectivity index (χ3v) is 6.08. The topological polar surface area (TPSA) is 54.6 Å². The molecule has 5 heteroatoms. The summed E-state index contributed by atoms with van der Waals surface area (Å²) < 4.78 is 11.1. The molecule has 1 aliphatic rings. The van der Waals surface area contributed by atoms with E-state index in [1.54, 1.807) is 14.2 Å². The van der Waals surface area contributed by atoms with Crippen molar-refractivity contribution in [3.8, 4) is 22.8 Å². The summed E-state index contributed by atoms with van der Waals surface area (Å²) in [6.45, 7) is 4.27. The maximum Gasteiger partial charge on any atom is 0.223 e. The van der Waals surface area contributed by atoms with Crippen LogP contribution in [0.4, 0.5) is 0 Å². The number of benzene rings is 2. The van der Waals surface area contributed by atoms with Gasteiger partial charge in [-0.1, -0.05) is 25.1 Å². The van der Waals surface area contributed by atoms with Crippen LogP contribution < -0.4 is 9.47 Å². The maximum atomic E-state index is 12.8. The van der Waals surface area contributed by atoms with E-state index < -0.39 is 0 Å². The monoisotopic (exact) mass is 392 g/mol. The summed E-state index contributed by atoms with van der Waals surface area (Å²) in [4.78, 5) is 18.4. The zero-order chi connectivity index (χ0) is 20.5. The molecular formula is C24H28N2O3. The van der Waals surface area contributed by atoms with Crippen molar-refractivity contribution in [2.24, 2.45) is 0 Å². The lowest BCUT2D eigenvalue weighted by Gasteiger charge is -2.31. The third-order valence-electron chi connectivity index (χ3n) is 6.08. The van der Waals surface area contributed by atoms with Crippen molar-refractivity contribution in [2.75, 3.05) is 14.2 Å². The van der Waals surface area contributed by atoms with Crippen LogP contribution in [0, 0.1) is 0 Å². The lowest BCUT2D eigenvalue weighted by molar-refractivity contribution is -0.131. The SMILES string of the molecule is CCC(C)N1C(=O)CCC1c1c(-c2cc(OC)ccc2OC)[nH]c2ccccc12. The van der Waals surface area contributed by atoms with E-state index in [0.29, 0.717) is 6.42 Å². The minimum Gasteiger partial charge on any atom is -0.497 e. The van der Waals surface area contributed by atoms with Gasteiger partial charge in [0.1, 0.15) is 11.5 Å². The molecule has 0 spiro atoms. The Morgan fingerprint density at radius 3 is 2.69 bits per heavy atom. The molecule has 5 nitrogen and oxygen atoms in total. The highest BCUT2D eigenvalue weighted by atomic mass is 16.5. The number of aromatic nitrogens is 1. The summed E-state index contributed by atoms with van der Waals surface area (Å²) in [6.07, 6.45) is 2.34. The van der Waals surface area contributed by atoms with Crippen LogP contribution in [0.2, 0.25) is 0 Å². The number of para-hydroxylation sites is 1. The number of nitrogens with one attached hydrogen (secondary N) is 1. The molecule has 152 valence electrons. The first kappa shape index (κ1) is 19.4. The van der Waals surface area contributed by atoms with E-state index in [-0.39, 0.29) is 18.0 Å². The molecule has 1 N–H and O–H groups in total. The van der Waals surface area contributed by atoms with Gasteiger partial charge in [-0.05, 0) is 44.0 Å². The molecule has 3 aromatic rings. The Bertz CT molecular complexity index is 1040. The zero-order valence-corrected chi connectivity index (χ0v) is 17.5. The van der Waals surface area contributed by atoms with Crippen LogP contribution in [0.15, 0.2) is 42.5 Å². The second-order valence-electron chi connectivity index (χ2n) is 7.64. The molecule has 2 atom stereocenters. The van der Waals surface area contributed by atoms with Gasteiger partial charge in [-0.2, -0.15) is 0 Å². The minimum atomic E-state index is 0.0412. The number of nitrogens with zero attached hydrogens (tertiary/aromatic N) is 1. The van der Waals surface area contributed by atoms with Crippen molar-refractivity contribution in [2.45, 2.75) is 45.2 Å². The van der Waals surface area contributed by atoms with Gasteiger partial charge in [0.25, 0.3) is 0 Å². The summed E-state index contributed by atoms with van der Waals surface area (Å²) in [5.74, 6) is 1.78. The van der Waals surface area contributed by atoms with Gasteiger partial charge >= 0.3 is 0 Å². The molecule has 1 aliphatic heterocycles. The maximum absolute atomic E-state index is 12.8. The fourth-order valence-electron chi connectivity index (χ4n) is 4.47. The van der Waals surface area contributed by atoms with Gasteiger partial charge in [-0.15, -0.1) is 0 Å². The van der Waals surface area contributed by atoms with Gasteiger partial charge in [0.05, 0.1) is 26.0 Å². The van der Waals surface area contributed by atoms with Crippen LogP contribution in [-0.2, 0) is 4.79 Å². The van der Waals surface area contributed by atoms with E-state index in [2.05, 4.69) is 41.9 Å². The number of methoxy groups -OCH3 is 2. The first-order valence-corrected chi connectivity index (χ1v) is 10.2. The normalized spacial score (nSPS) is 17.7. The fourth-order valence-corrected chi connectivity index (χ4v) is 4.47. The highest BCUT2D eigenvalue weighted by molar-refractivity contribution is 5.94. The quantitative estimate of drug-likeness (QED) is 0.618. The standard InChI is InChI=1S/C24H28N2O3/c1-5-15(2)26-20(11-13-22(26)27)23-17-8-6-7-9-19(17)25-24(23)18-14-16(28-3)10-12-21(18)29-4/h6-10,12,14-15,20,25H,5,11,13H2,1-4H3. The molecule has 1 aromatic heterocycles. The predicted molar refractivity (Wildman–Crippen MR) is 115 cm³/mol. The van der Waals surface area contributed by atoms with Crippen LogP contribution in [0.25, 0.3) is 22.2 Å². The van der Waals surface area contributed by atoms with Crippen molar-refractivity contribution in [1.82, 2.24) is 9.88 Å². The second-order valence-corrected chi connectivity index (χ2v) is 7.64. The summed E-state index contributed by atoms with van der Waals surface area (Å²) in [5, 5.41) is 1.15. The molecule has 0 bridgehead atoms. The number of amides is 1. The largest absolute Gasteiger partial charge is 0.497 e. The summed E-state index contributed by atoms with van der Waals surface area (Å²) in [7, 11) is 3.34. The number of carbonyl (C=O) groups excluding carboxylic acids is 1. The van der Waals surface area contributed by atoms with Crippen molar-refractivity contribution in [3.05, 3.63) is 48.0 Å². The average molecular weight is 392 g/mol. The van der Waals surface area contributed by atoms with Crippen molar-refractivity contribution >= 4 is 16.8 Å². The molecule has 2 aromatic carbocycles. The zero-order valence-electron chi connectivity index (χ0n) is 17.5. The number of rotatable bonds is 6. The number of fused-ring (bicyclic) bond motifs is 1. The van der Waals surface area contributed by atoms with E-state index in [1.165, 1.54) is 5.56 Å². The van der Waals surface area contributed by atoms with Gasteiger partial charge in [-0.25, -0.2) is 0 Å². The van der Waals surface area contributed by atoms with Gasteiger partial charge in [0, 0.05) is 34.5 Å².